The van der Waals surface area contributed by atoms with E-state index in [9.17, 15) is 18.3 Å². The number of hydrogen-bond donors (Lipinski definition) is 3. The molecule has 0 fully saturated rings. The van der Waals surface area contributed by atoms with Crippen molar-refractivity contribution in [3.05, 3.63) is 82.9 Å². The molecule has 0 radical (unpaired) electrons. The average molecular weight is 491 g/mol. The molecule has 3 rings (SSSR count). The first-order valence-corrected chi connectivity index (χ1v) is 11.7. The van der Waals surface area contributed by atoms with Gasteiger partial charge in [0, 0.05) is 17.1 Å². The number of anilines is 1. The topological polar surface area (TPSA) is 128 Å². The molecule has 0 spiro atoms. The molecular weight excluding hydrogens is 468 g/mol. The Labute approximate surface area is 197 Å². The number of sulfonamides is 1. The molecule has 0 aliphatic heterocycles. The Morgan fingerprint density at radius 2 is 1.73 bits per heavy atom. The number of benzene rings is 3. The second kappa shape index (κ2) is 10.7. The fraction of sp³-hybridized carbons (Fsp3) is 0.174. The summed E-state index contributed by atoms with van der Waals surface area (Å²) in [6.45, 7) is -0.759. The molecule has 0 saturated carbocycles. The Hall–Kier alpha value is -3.11. The van der Waals surface area contributed by atoms with E-state index in [1.165, 1.54) is 12.1 Å². The lowest BCUT2D eigenvalue weighted by molar-refractivity contribution is -0.143. The van der Waals surface area contributed by atoms with Crippen LogP contribution in [0.3, 0.4) is 0 Å². The molecule has 0 amide bonds. The van der Waals surface area contributed by atoms with Crippen LogP contribution in [-0.4, -0.2) is 39.3 Å². The zero-order valence-corrected chi connectivity index (χ0v) is 19.3. The van der Waals surface area contributed by atoms with Gasteiger partial charge in [0.15, 0.2) is 0 Å². The molecule has 3 aromatic rings. The molecule has 8 nitrogen and oxygen atoms in total. The van der Waals surface area contributed by atoms with Gasteiger partial charge in [-0.05, 0) is 59.7 Å². The highest BCUT2D eigenvalue weighted by Gasteiger charge is 2.28. The van der Waals surface area contributed by atoms with Crippen LogP contribution < -0.4 is 15.2 Å². The summed E-state index contributed by atoms with van der Waals surface area (Å²) in [5.74, 6) is 0.00872. The van der Waals surface area contributed by atoms with Gasteiger partial charge >= 0.3 is 5.97 Å². The Morgan fingerprint density at radius 1 is 1.06 bits per heavy atom. The van der Waals surface area contributed by atoms with Crippen LogP contribution in [0.2, 0.25) is 5.02 Å². The van der Waals surface area contributed by atoms with Crippen molar-refractivity contribution in [1.29, 1.82) is 0 Å². The number of nitrogens with two attached hydrogens (primary N) is 1. The SMILES string of the molecule is COC(=O)C(CO)NS(=O)(=O)c1ccc(Oc2ccc(Cl)cc2)cc1Cc1ccccc1N. The summed E-state index contributed by atoms with van der Waals surface area (Å²) in [6, 6.07) is 16.8. The van der Waals surface area contributed by atoms with Crippen molar-refractivity contribution in [3.63, 3.8) is 0 Å². The number of nitrogen functional groups attached to an aromatic ring is 1. The maximum Gasteiger partial charge on any atom is 0.326 e. The molecule has 1 atom stereocenters. The number of rotatable bonds is 9. The largest absolute Gasteiger partial charge is 0.468 e. The predicted octanol–water partition coefficient (Wildman–Crippen LogP) is 3.12. The molecule has 1 unspecified atom stereocenters. The van der Waals surface area contributed by atoms with Crippen molar-refractivity contribution in [2.45, 2.75) is 17.4 Å². The van der Waals surface area contributed by atoms with E-state index in [0.717, 1.165) is 7.11 Å². The molecule has 0 saturated heterocycles. The molecular formula is C23H23ClN2O6S. The number of halogens is 1. The third-order valence-electron chi connectivity index (χ3n) is 4.77. The summed E-state index contributed by atoms with van der Waals surface area (Å²) in [6.07, 6.45) is 0.183. The minimum Gasteiger partial charge on any atom is -0.468 e. The van der Waals surface area contributed by atoms with Gasteiger partial charge in [-0.25, -0.2) is 8.42 Å². The van der Waals surface area contributed by atoms with E-state index in [4.69, 9.17) is 22.1 Å². The molecule has 0 heterocycles. The molecule has 0 aliphatic carbocycles. The summed E-state index contributed by atoms with van der Waals surface area (Å²) in [7, 11) is -3.11. The lowest BCUT2D eigenvalue weighted by atomic mass is 10.0. The van der Waals surface area contributed by atoms with Crippen LogP contribution in [0.4, 0.5) is 5.69 Å². The lowest BCUT2D eigenvalue weighted by Gasteiger charge is -2.18. The highest BCUT2D eigenvalue weighted by atomic mass is 35.5. The predicted molar refractivity (Wildman–Crippen MR) is 125 cm³/mol. The number of aliphatic hydroxyl groups is 1. The van der Waals surface area contributed by atoms with E-state index in [-0.39, 0.29) is 11.3 Å². The summed E-state index contributed by atoms with van der Waals surface area (Å²) < 4.78 is 38.8. The van der Waals surface area contributed by atoms with Crippen LogP contribution in [0.5, 0.6) is 11.5 Å². The average Bonchev–Trinajstić information content (AvgIpc) is 2.80. The molecule has 0 aromatic heterocycles. The monoisotopic (exact) mass is 490 g/mol. The zero-order chi connectivity index (χ0) is 24.0. The second-order valence-corrected chi connectivity index (χ2v) is 9.20. The number of para-hydroxylation sites is 1. The van der Waals surface area contributed by atoms with E-state index in [2.05, 4.69) is 9.46 Å². The van der Waals surface area contributed by atoms with Gasteiger partial charge in [-0.3, -0.25) is 4.79 Å². The Kier molecular flexibility index (Phi) is 7.93. The Bertz CT molecular complexity index is 1230. The van der Waals surface area contributed by atoms with Crippen molar-refractivity contribution < 1.29 is 27.8 Å². The van der Waals surface area contributed by atoms with Crippen molar-refractivity contribution in [1.82, 2.24) is 4.72 Å². The normalized spacial score (nSPS) is 12.2. The maximum atomic E-state index is 13.1. The fourth-order valence-corrected chi connectivity index (χ4v) is 4.63. The summed E-state index contributed by atoms with van der Waals surface area (Å²) in [4.78, 5) is 11.7. The van der Waals surface area contributed by atoms with Crippen LogP contribution in [0, 0.1) is 0 Å². The smallest absolute Gasteiger partial charge is 0.326 e. The summed E-state index contributed by atoms with van der Waals surface area (Å²) in [5, 5.41) is 9.99. The third kappa shape index (κ3) is 6.23. The Morgan fingerprint density at radius 3 is 2.36 bits per heavy atom. The number of carbonyl (C=O) groups excluding carboxylic acids is 1. The maximum absolute atomic E-state index is 13.1. The van der Waals surface area contributed by atoms with Gasteiger partial charge in [-0.1, -0.05) is 29.8 Å². The standard InChI is InChI=1S/C23H23ClN2O6S/c1-31-23(28)21(14-27)26-33(29,30)22-11-10-19(32-18-8-6-17(24)7-9-18)13-16(22)12-15-4-2-3-5-20(15)25/h2-11,13,21,26-27H,12,14,25H2,1H3. The van der Waals surface area contributed by atoms with E-state index in [0.29, 0.717) is 33.3 Å². The van der Waals surface area contributed by atoms with Gasteiger partial charge in [0.05, 0.1) is 18.6 Å². The number of methoxy groups -OCH3 is 1. The van der Waals surface area contributed by atoms with Gasteiger partial charge < -0.3 is 20.3 Å². The highest BCUT2D eigenvalue weighted by Crippen LogP contribution is 2.29. The number of esters is 1. The molecule has 10 heteroatoms. The van der Waals surface area contributed by atoms with Gasteiger partial charge in [0.25, 0.3) is 0 Å². The Balaban J connectivity index is 2.01. The first-order valence-electron chi connectivity index (χ1n) is 9.84. The summed E-state index contributed by atoms with van der Waals surface area (Å²) >= 11 is 5.91. The van der Waals surface area contributed by atoms with Crippen LogP contribution in [0.1, 0.15) is 11.1 Å². The van der Waals surface area contributed by atoms with E-state index < -0.39 is 28.6 Å². The quantitative estimate of drug-likeness (QED) is 0.310. The minimum absolute atomic E-state index is 0.0865. The lowest BCUT2D eigenvalue weighted by Crippen LogP contribution is -2.44. The number of hydrogen-bond acceptors (Lipinski definition) is 7. The molecule has 4 N–H and O–H groups in total. The van der Waals surface area contributed by atoms with E-state index >= 15 is 0 Å². The first-order chi connectivity index (χ1) is 15.7. The van der Waals surface area contributed by atoms with Crippen molar-refractivity contribution >= 4 is 33.3 Å². The number of aliphatic hydroxyl groups excluding tert-OH is 1. The minimum atomic E-state index is -4.21. The number of carbonyl (C=O) groups is 1. The van der Waals surface area contributed by atoms with Gasteiger partial charge in [-0.15, -0.1) is 0 Å². The van der Waals surface area contributed by atoms with Crippen LogP contribution >= 0.6 is 11.6 Å². The van der Waals surface area contributed by atoms with E-state index in [1.807, 2.05) is 0 Å². The summed E-state index contributed by atoms with van der Waals surface area (Å²) in [5.41, 5.74) is 7.66. The number of nitrogens with one attached hydrogen (secondary N) is 1. The van der Waals surface area contributed by atoms with Gasteiger partial charge in [-0.2, -0.15) is 4.72 Å². The van der Waals surface area contributed by atoms with Crippen LogP contribution in [-0.2, 0) is 26.0 Å². The second-order valence-electron chi connectivity index (χ2n) is 7.08. The van der Waals surface area contributed by atoms with Crippen molar-refractivity contribution in [3.8, 4) is 11.5 Å². The first kappa shape index (κ1) is 24.5. The van der Waals surface area contributed by atoms with Gasteiger partial charge in [0.1, 0.15) is 17.5 Å². The molecule has 33 heavy (non-hydrogen) atoms. The van der Waals surface area contributed by atoms with E-state index in [1.54, 1.807) is 54.6 Å². The van der Waals surface area contributed by atoms with Gasteiger partial charge in [0.2, 0.25) is 10.0 Å². The third-order valence-corrected chi connectivity index (χ3v) is 6.60. The highest BCUT2D eigenvalue weighted by molar-refractivity contribution is 7.89. The molecule has 174 valence electrons. The number of ether oxygens (including phenoxy) is 2. The fourth-order valence-electron chi connectivity index (χ4n) is 3.11. The molecule has 0 bridgehead atoms. The van der Waals surface area contributed by atoms with Crippen LogP contribution in [0.15, 0.2) is 71.6 Å². The molecule has 3 aromatic carbocycles. The van der Waals surface area contributed by atoms with Crippen LogP contribution in [0.25, 0.3) is 0 Å². The van der Waals surface area contributed by atoms with Crippen molar-refractivity contribution in [2.75, 3.05) is 19.5 Å². The zero-order valence-electron chi connectivity index (χ0n) is 17.7. The van der Waals surface area contributed by atoms with Crippen molar-refractivity contribution in [2.24, 2.45) is 0 Å². The molecule has 0 aliphatic rings.